The van der Waals surface area contributed by atoms with Gasteiger partial charge in [-0.05, 0) is 24.3 Å². The van der Waals surface area contributed by atoms with Gasteiger partial charge in [-0.1, -0.05) is 0 Å². The number of benzene rings is 1. The Labute approximate surface area is 114 Å². The van der Waals surface area contributed by atoms with Crippen molar-refractivity contribution in [2.24, 2.45) is 0 Å². The van der Waals surface area contributed by atoms with Crippen molar-refractivity contribution in [3.05, 3.63) is 29.8 Å². The van der Waals surface area contributed by atoms with Crippen LogP contribution in [-0.2, 0) is 25.7 Å². The van der Waals surface area contributed by atoms with E-state index in [9.17, 15) is 26.4 Å². The Kier molecular flexibility index (Phi) is 4.77. The molecule has 0 saturated carbocycles. The molecule has 0 saturated heterocycles. The molecule has 0 aliphatic heterocycles. The lowest BCUT2D eigenvalue weighted by molar-refractivity contribution is -0.140. The number of likely N-dealkylation sites (N-methyl/N-ethyl adjacent to an activating group) is 1. The zero-order valence-corrected chi connectivity index (χ0v) is 11.5. The fourth-order valence-electron chi connectivity index (χ4n) is 1.33. The van der Waals surface area contributed by atoms with Gasteiger partial charge in [-0.3, -0.25) is 4.79 Å². The number of nitrogens with zero attached hydrogens (tertiary/aromatic N) is 1. The molecule has 0 fully saturated rings. The van der Waals surface area contributed by atoms with Crippen LogP contribution in [0.25, 0.3) is 0 Å². The molecule has 0 unspecified atom stereocenters. The third-order valence-electron chi connectivity index (χ3n) is 2.47. The number of esters is 1. The van der Waals surface area contributed by atoms with E-state index in [1.165, 1.54) is 0 Å². The van der Waals surface area contributed by atoms with Gasteiger partial charge >= 0.3 is 12.1 Å². The molecule has 0 aliphatic carbocycles. The Balaban J connectivity index is 3.02. The Hall–Kier alpha value is -1.61. The van der Waals surface area contributed by atoms with Gasteiger partial charge in [-0.2, -0.15) is 17.5 Å². The molecule has 112 valence electrons. The van der Waals surface area contributed by atoms with Crippen LogP contribution in [0.4, 0.5) is 13.2 Å². The number of carbonyl (C=O) groups excluding carboxylic acids is 1. The van der Waals surface area contributed by atoms with Crippen molar-refractivity contribution < 1.29 is 31.1 Å². The summed E-state index contributed by atoms with van der Waals surface area (Å²) in [5, 5.41) is 0. The number of hydrogen-bond acceptors (Lipinski definition) is 4. The SMILES string of the molecule is COC(=O)CN(C)S(=O)(=O)c1ccc(C(F)(F)F)cc1. The number of carbonyl (C=O) groups is 1. The highest BCUT2D eigenvalue weighted by molar-refractivity contribution is 7.89. The number of rotatable bonds is 4. The summed E-state index contributed by atoms with van der Waals surface area (Å²) in [6, 6.07) is 3.01. The first-order valence-electron chi connectivity index (χ1n) is 5.29. The topological polar surface area (TPSA) is 63.7 Å². The zero-order chi connectivity index (χ0) is 15.6. The predicted molar refractivity (Wildman–Crippen MR) is 63.3 cm³/mol. The minimum Gasteiger partial charge on any atom is -0.468 e. The van der Waals surface area contributed by atoms with Gasteiger partial charge in [-0.15, -0.1) is 0 Å². The lowest BCUT2D eigenvalue weighted by Crippen LogP contribution is -2.32. The van der Waals surface area contributed by atoms with Gasteiger partial charge in [0, 0.05) is 7.05 Å². The Morgan fingerprint density at radius 3 is 2.15 bits per heavy atom. The highest BCUT2D eigenvalue weighted by Gasteiger charge is 2.31. The van der Waals surface area contributed by atoms with E-state index in [4.69, 9.17) is 0 Å². The minimum atomic E-state index is -4.54. The van der Waals surface area contributed by atoms with E-state index in [-0.39, 0.29) is 4.90 Å². The van der Waals surface area contributed by atoms with Crippen molar-refractivity contribution in [1.82, 2.24) is 4.31 Å². The van der Waals surface area contributed by atoms with Gasteiger partial charge in [0.15, 0.2) is 0 Å². The number of hydrogen-bond donors (Lipinski definition) is 0. The molecule has 0 aromatic heterocycles. The van der Waals surface area contributed by atoms with E-state index in [2.05, 4.69) is 4.74 Å². The van der Waals surface area contributed by atoms with Crippen molar-refractivity contribution >= 4 is 16.0 Å². The molecule has 0 N–H and O–H groups in total. The summed E-state index contributed by atoms with van der Waals surface area (Å²) < 4.78 is 66.1. The lowest BCUT2D eigenvalue weighted by Gasteiger charge is -2.16. The van der Waals surface area contributed by atoms with E-state index in [1.807, 2.05) is 0 Å². The number of halogens is 3. The second-order valence-electron chi connectivity index (χ2n) is 3.86. The Bertz CT molecular complexity index is 581. The molecule has 1 aromatic rings. The fourth-order valence-corrected chi connectivity index (χ4v) is 2.44. The number of methoxy groups -OCH3 is 1. The van der Waals surface area contributed by atoms with E-state index in [1.54, 1.807) is 0 Å². The van der Waals surface area contributed by atoms with Crippen LogP contribution in [-0.4, -0.2) is 39.4 Å². The standard InChI is InChI=1S/C11H12F3NO4S/c1-15(7-10(16)19-2)20(17,18)9-5-3-8(4-6-9)11(12,13)14/h3-6H,7H2,1-2H3. The maximum absolute atomic E-state index is 12.4. The van der Waals surface area contributed by atoms with Crippen molar-refractivity contribution in [2.45, 2.75) is 11.1 Å². The predicted octanol–water partition coefficient (Wildman–Crippen LogP) is 1.50. The second kappa shape index (κ2) is 5.80. The lowest BCUT2D eigenvalue weighted by atomic mass is 10.2. The first-order valence-corrected chi connectivity index (χ1v) is 6.73. The molecule has 0 aliphatic rings. The molecular formula is C11H12F3NO4S. The molecule has 1 aromatic carbocycles. The van der Waals surface area contributed by atoms with Crippen LogP contribution in [0.2, 0.25) is 0 Å². The van der Waals surface area contributed by atoms with Crippen LogP contribution >= 0.6 is 0 Å². The third-order valence-corrected chi connectivity index (χ3v) is 4.29. The normalized spacial score (nSPS) is 12.5. The van der Waals surface area contributed by atoms with Gasteiger partial charge in [0.1, 0.15) is 6.54 Å². The first-order chi connectivity index (χ1) is 9.09. The number of alkyl halides is 3. The molecule has 0 heterocycles. The van der Waals surface area contributed by atoms with E-state index in [0.717, 1.165) is 26.3 Å². The van der Waals surface area contributed by atoms with Crippen LogP contribution in [0.15, 0.2) is 29.2 Å². The average molecular weight is 311 g/mol. The van der Waals surface area contributed by atoms with Gasteiger partial charge < -0.3 is 4.74 Å². The summed E-state index contributed by atoms with van der Waals surface area (Å²) in [6.07, 6.45) is -4.54. The van der Waals surface area contributed by atoms with Crippen LogP contribution in [0.3, 0.4) is 0 Å². The van der Waals surface area contributed by atoms with Crippen LogP contribution < -0.4 is 0 Å². The summed E-state index contributed by atoms with van der Waals surface area (Å²) >= 11 is 0. The van der Waals surface area contributed by atoms with Crippen molar-refractivity contribution in [1.29, 1.82) is 0 Å². The first kappa shape index (κ1) is 16.4. The van der Waals surface area contributed by atoms with Crippen molar-refractivity contribution in [3.63, 3.8) is 0 Å². The van der Waals surface area contributed by atoms with Crippen molar-refractivity contribution in [2.75, 3.05) is 20.7 Å². The summed E-state index contributed by atoms with van der Waals surface area (Å²) in [6.45, 7) is -0.528. The van der Waals surface area contributed by atoms with Crippen LogP contribution in [0.1, 0.15) is 5.56 Å². The maximum atomic E-state index is 12.4. The van der Waals surface area contributed by atoms with Crippen molar-refractivity contribution in [3.8, 4) is 0 Å². The molecule has 0 spiro atoms. The largest absolute Gasteiger partial charge is 0.468 e. The summed E-state index contributed by atoms with van der Waals surface area (Å²) in [7, 11) is -1.81. The fraction of sp³-hybridized carbons (Fsp3) is 0.364. The number of ether oxygens (including phenoxy) is 1. The van der Waals surface area contributed by atoms with Crippen LogP contribution in [0.5, 0.6) is 0 Å². The third kappa shape index (κ3) is 3.70. The van der Waals surface area contributed by atoms with Gasteiger partial charge in [0.2, 0.25) is 10.0 Å². The second-order valence-corrected chi connectivity index (χ2v) is 5.90. The van der Waals surface area contributed by atoms with Crippen LogP contribution in [0, 0.1) is 0 Å². The highest BCUT2D eigenvalue weighted by atomic mass is 32.2. The molecule has 0 amide bonds. The molecule has 20 heavy (non-hydrogen) atoms. The monoisotopic (exact) mass is 311 g/mol. The summed E-state index contributed by atoms with van der Waals surface area (Å²) in [5.74, 6) is -0.775. The van der Waals surface area contributed by atoms with E-state index in [0.29, 0.717) is 16.4 Å². The average Bonchev–Trinajstić information content (AvgIpc) is 2.37. The zero-order valence-electron chi connectivity index (χ0n) is 10.6. The van der Waals surface area contributed by atoms with Gasteiger partial charge in [-0.25, -0.2) is 8.42 Å². The van der Waals surface area contributed by atoms with Gasteiger partial charge in [0.25, 0.3) is 0 Å². The molecule has 0 atom stereocenters. The molecule has 1 rings (SSSR count). The Morgan fingerprint density at radius 1 is 1.25 bits per heavy atom. The quantitative estimate of drug-likeness (QED) is 0.791. The molecule has 9 heteroatoms. The molecule has 5 nitrogen and oxygen atoms in total. The highest BCUT2D eigenvalue weighted by Crippen LogP contribution is 2.30. The molecule has 0 bridgehead atoms. The van der Waals surface area contributed by atoms with E-state index < -0.39 is 34.3 Å². The minimum absolute atomic E-state index is 0.336. The van der Waals surface area contributed by atoms with Gasteiger partial charge in [0.05, 0.1) is 17.6 Å². The summed E-state index contributed by atoms with van der Waals surface area (Å²) in [5.41, 5.74) is -0.952. The molecular weight excluding hydrogens is 299 g/mol. The Morgan fingerprint density at radius 2 is 1.75 bits per heavy atom. The summed E-state index contributed by atoms with van der Waals surface area (Å²) in [4.78, 5) is 10.7. The van der Waals surface area contributed by atoms with E-state index >= 15 is 0 Å². The number of sulfonamides is 1. The molecule has 0 radical (unpaired) electrons. The maximum Gasteiger partial charge on any atom is 0.416 e. The smallest absolute Gasteiger partial charge is 0.416 e.